The third-order valence-electron chi connectivity index (χ3n) is 9.98. The van der Waals surface area contributed by atoms with Crippen LogP contribution in [-0.4, -0.2) is 37.7 Å². The van der Waals surface area contributed by atoms with Gasteiger partial charge in [0.2, 0.25) is 5.91 Å². The van der Waals surface area contributed by atoms with Crippen molar-refractivity contribution >= 4 is 11.9 Å². The smallest absolute Gasteiger partial charge is 0.328 e. The number of nitrogens with one attached hydrogen (secondary N) is 2. The average Bonchev–Trinajstić information content (AvgIpc) is 3.20. The van der Waals surface area contributed by atoms with Crippen LogP contribution in [0.3, 0.4) is 0 Å². The monoisotopic (exact) mass is 707 g/mol. The van der Waals surface area contributed by atoms with Gasteiger partial charge in [-0.25, -0.2) is 4.79 Å². The molecule has 0 radical (unpaired) electrons. The lowest BCUT2D eigenvalue weighted by atomic mass is 9.94. The van der Waals surface area contributed by atoms with Crippen molar-refractivity contribution in [1.82, 2.24) is 10.6 Å². The van der Waals surface area contributed by atoms with E-state index >= 15 is 0 Å². The van der Waals surface area contributed by atoms with Crippen molar-refractivity contribution in [2.24, 2.45) is 0 Å². The van der Waals surface area contributed by atoms with Crippen molar-refractivity contribution in [3.8, 4) is 34.4 Å². The Morgan fingerprint density at radius 1 is 0.868 bits per heavy atom. The van der Waals surface area contributed by atoms with E-state index in [-0.39, 0.29) is 18.4 Å². The molecule has 0 spiro atoms. The van der Waals surface area contributed by atoms with E-state index < -0.39 is 18.1 Å². The zero-order valence-electron chi connectivity index (χ0n) is 30.0. The average molecular weight is 708 g/mol. The summed E-state index contributed by atoms with van der Waals surface area (Å²) in [6.07, 6.45) is 0.433. The van der Waals surface area contributed by atoms with Crippen LogP contribution >= 0.6 is 0 Å². The minimum absolute atomic E-state index is 0.271. The molecule has 3 atom stereocenters. The highest BCUT2D eigenvalue weighted by Crippen LogP contribution is 2.40. The summed E-state index contributed by atoms with van der Waals surface area (Å²) in [5, 5.41) is 15.3. The Labute approximate surface area is 309 Å². The topological polar surface area (TPSA) is 119 Å². The van der Waals surface area contributed by atoms with Gasteiger partial charge >= 0.3 is 5.97 Å². The lowest BCUT2D eigenvalue weighted by Gasteiger charge is -2.31. The Bertz CT molecular complexity index is 2160. The van der Waals surface area contributed by atoms with Gasteiger partial charge < -0.3 is 29.6 Å². The number of esters is 1. The number of amides is 1. The SMILES string of the molecule is COC(=O)[C@H](Cc1ccc(-c2ccc(C#N)cc2)cc1)NC(=O)[C@@H]1Cc2cc3c(cc2CN1)OC(c1ccc(OCc2ccc(C)c(C)c2)cc1)CO3. The molecular weight excluding hydrogens is 666 g/mol. The molecule has 1 amide bonds. The van der Waals surface area contributed by atoms with Gasteiger partial charge in [0.05, 0.1) is 24.8 Å². The second-order valence-corrected chi connectivity index (χ2v) is 13.6. The summed E-state index contributed by atoms with van der Waals surface area (Å²) in [6, 6.07) is 34.1. The molecule has 0 saturated carbocycles. The normalized spacial score (nSPS) is 16.4. The molecule has 9 nitrogen and oxygen atoms in total. The molecule has 0 saturated heterocycles. The molecule has 53 heavy (non-hydrogen) atoms. The number of carbonyl (C=O) groups is 2. The van der Waals surface area contributed by atoms with Crippen LogP contribution in [0, 0.1) is 25.2 Å². The third kappa shape index (κ3) is 8.19. The molecule has 2 aliphatic heterocycles. The van der Waals surface area contributed by atoms with E-state index in [1.165, 1.54) is 18.2 Å². The number of ether oxygens (including phenoxy) is 4. The van der Waals surface area contributed by atoms with Crippen molar-refractivity contribution < 1.29 is 28.5 Å². The van der Waals surface area contributed by atoms with Gasteiger partial charge in [-0.15, -0.1) is 0 Å². The molecule has 0 aliphatic carbocycles. The van der Waals surface area contributed by atoms with E-state index in [2.05, 4.69) is 48.7 Å². The molecule has 0 bridgehead atoms. The van der Waals surface area contributed by atoms with Crippen LogP contribution in [0.25, 0.3) is 11.1 Å². The van der Waals surface area contributed by atoms with Gasteiger partial charge in [0.25, 0.3) is 0 Å². The number of carbonyl (C=O) groups excluding carboxylic acids is 2. The molecule has 7 rings (SSSR count). The van der Waals surface area contributed by atoms with Crippen molar-refractivity contribution in [3.63, 3.8) is 0 Å². The van der Waals surface area contributed by atoms with Crippen molar-refractivity contribution in [1.29, 1.82) is 5.26 Å². The van der Waals surface area contributed by atoms with Gasteiger partial charge in [-0.1, -0.05) is 66.7 Å². The lowest BCUT2D eigenvalue weighted by Crippen LogP contribution is -2.53. The number of benzene rings is 5. The second kappa shape index (κ2) is 15.6. The van der Waals surface area contributed by atoms with Crippen molar-refractivity contribution in [2.45, 2.75) is 58.0 Å². The summed E-state index contributed by atoms with van der Waals surface area (Å²) in [7, 11) is 1.32. The van der Waals surface area contributed by atoms with Crippen molar-refractivity contribution in [2.75, 3.05) is 13.7 Å². The molecule has 9 heteroatoms. The highest BCUT2D eigenvalue weighted by molar-refractivity contribution is 5.88. The number of rotatable bonds is 10. The van der Waals surface area contributed by atoms with E-state index in [1.54, 1.807) is 12.1 Å². The largest absolute Gasteiger partial charge is 0.489 e. The summed E-state index contributed by atoms with van der Waals surface area (Å²) in [5.41, 5.74) is 10.1. The van der Waals surface area contributed by atoms with Crippen LogP contribution in [0.1, 0.15) is 50.6 Å². The standard InChI is InChI=1S/C44H41N3O6/c1-27-4-5-31(18-28(27)2)25-51-37-16-14-34(15-17-37)42-26-52-40-21-35-20-38(46-24-36(35)22-41(40)53-42)43(48)47-39(44(49)50-3)19-29-6-10-32(11-7-29)33-12-8-30(23-45)9-13-33/h4-18,21-22,38-39,42,46H,19-20,24-26H2,1-3H3,(H,47,48)/t38-,39-,42?/m0/s1. The van der Waals surface area contributed by atoms with Gasteiger partial charge in [0.15, 0.2) is 17.6 Å². The first-order chi connectivity index (χ1) is 25.8. The highest BCUT2D eigenvalue weighted by Gasteiger charge is 2.31. The summed E-state index contributed by atoms with van der Waals surface area (Å²) in [5.74, 6) is 1.30. The van der Waals surface area contributed by atoms with E-state index in [4.69, 9.17) is 24.2 Å². The zero-order valence-corrected chi connectivity index (χ0v) is 30.0. The maximum Gasteiger partial charge on any atom is 0.328 e. The molecule has 5 aromatic rings. The predicted molar refractivity (Wildman–Crippen MR) is 201 cm³/mol. The minimum Gasteiger partial charge on any atom is -0.489 e. The first-order valence-corrected chi connectivity index (χ1v) is 17.7. The number of hydrogen-bond acceptors (Lipinski definition) is 8. The maximum absolute atomic E-state index is 13.5. The number of nitrogens with zero attached hydrogens (tertiary/aromatic N) is 1. The third-order valence-corrected chi connectivity index (χ3v) is 9.98. The summed E-state index contributed by atoms with van der Waals surface area (Å²) in [4.78, 5) is 26.3. The lowest BCUT2D eigenvalue weighted by molar-refractivity contribution is -0.145. The first kappa shape index (κ1) is 35.3. The van der Waals surface area contributed by atoms with Crippen LogP contribution < -0.4 is 24.8 Å². The Balaban J connectivity index is 0.949. The highest BCUT2D eigenvalue weighted by atomic mass is 16.6. The Morgan fingerprint density at radius 2 is 1.57 bits per heavy atom. The fourth-order valence-corrected chi connectivity index (χ4v) is 6.68. The van der Waals surface area contributed by atoms with Gasteiger partial charge in [0, 0.05) is 13.0 Å². The molecule has 0 fully saturated rings. The number of fused-ring (bicyclic) bond motifs is 2. The van der Waals surface area contributed by atoms with Gasteiger partial charge in [-0.05, 0) is 107 Å². The maximum atomic E-state index is 13.5. The molecular formula is C44H41N3O6. The number of methoxy groups -OCH3 is 1. The van der Waals surface area contributed by atoms with Crippen LogP contribution in [0.4, 0.5) is 0 Å². The molecule has 5 aromatic carbocycles. The van der Waals surface area contributed by atoms with Crippen LogP contribution in [0.15, 0.2) is 103 Å². The fraction of sp³-hybridized carbons (Fsp3) is 0.250. The number of hydrogen-bond donors (Lipinski definition) is 2. The van der Waals surface area contributed by atoms with Crippen LogP contribution in [0.5, 0.6) is 17.2 Å². The van der Waals surface area contributed by atoms with E-state index in [1.807, 2.05) is 72.8 Å². The quantitative estimate of drug-likeness (QED) is 0.152. The predicted octanol–water partition coefficient (Wildman–Crippen LogP) is 6.85. The Morgan fingerprint density at radius 3 is 2.26 bits per heavy atom. The van der Waals surface area contributed by atoms with E-state index in [0.29, 0.717) is 43.2 Å². The second-order valence-electron chi connectivity index (χ2n) is 13.6. The zero-order chi connectivity index (χ0) is 36.9. The van der Waals surface area contributed by atoms with Crippen LogP contribution in [0.2, 0.25) is 0 Å². The molecule has 2 aliphatic rings. The Kier molecular flexibility index (Phi) is 10.4. The van der Waals surface area contributed by atoms with E-state index in [9.17, 15) is 9.59 Å². The first-order valence-electron chi connectivity index (χ1n) is 17.7. The van der Waals surface area contributed by atoms with Gasteiger partial charge in [-0.3, -0.25) is 4.79 Å². The molecule has 2 N–H and O–H groups in total. The van der Waals surface area contributed by atoms with Gasteiger partial charge in [0.1, 0.15) is 25.0 Å². The molecule has 2 heterocycles. The van der Waals surface area contributed by atoms with Crippen molar-refractivity contribution in [3.05, 3.63) is 148 Å². The Hall–Kier alpha value is -6.11. The fourth-order valence-electron chi connectivity index (χ4n) is 6.68. The van der Waals surface area contributed by atoms with Crippen LogP contribution in [-0.2, 0) is 40.3 Å². The summed E-state index contributed by atoms with van der Waals surface area (Å²) < 4.78 is 23.7. The molecule has 0 aromatic heterocycles. The minimum atomic E-state index is -0.855. The summed E-state index contributed by atoms with van der Waals surface area (Å²) >= 11 is 0. The number of nitriles is 1. The summed E-state index contributed by atoms with van der Waals surface area (Å²) in [6.45, 7) is 5.52. The molecule has 1 unspecified atom stereocenters. The van der Waals surface area contributed by atoms with E-state index in [0.717, 1.165) is 44.7 Å². The van der Waals surface area contributed by atoms with Gasteiger partial charge in [-0.2, -0.15) is 5.26 Å². The number of aryl methyl sites for hydroxylation is 2. The molecule has 268 valence electrons.